The Labute approximate surface area is 425 Å². The molecule has 0 aromatic heterocycles. The summed E-state index contributed by atoms with van der Waals surface area (Å²) in [6.07, 6.45) is -3.64. The van der Waals surface area contributed by atoms with Crippen molar-refractivity contribution in [3.8, 4) is 0 Å². The molecule has 0 fully saturated rings. The maximum Gasteiger partial charge on any atom is 0.326 e. The predicted octanol–water partition coefficient (Wildman–Crippen LogP) is -1.30. The molecular weight excluding hydrogens is 963 g/mol. The van der Waals surface area contributed by atoms with Crippen LogP contribution >= 0.6 is 0 Å². The zero-order chi connectivity index (χ0) is 56.4. The first-order chi connectivity index (χ1) is 33.8. The lowest BCUT2D eigenvalue weighted by Gasteiger charge is -2.29. The molecule has 73 heavy (non-hydrogen) atoms. The van der Waals surface area contributed by atoms with Crippen molar-refractivity contribution in [2.24, 2.45) is 35.3 Å². The predicted molar refractivity (Wildman–Crippen MR) is 261 cm³/mol. The van der Waals surface area contributed by atoms with Gasteiger partial charge in [0.1, 0.15) is 54.4 Å². The van der Waals surface area contributed by atoms with Crippen LogP contribution in [-0.2, 0) is 57.5 Å². The van der Waals surface area contributed by atoms with Gasteiger partial charge in [-0.25, -0.2) is 4.79 Å². The number of rotatable bonds is 36. The molecule has 0 saturated carbocycles. The number of nitrogens with two attached hydrogens (primary N) is 1. The molecule has 0 unspecified atom stereocenters. The Morgan fingerprint density at radius 3 is 0.781 bits per heavy atom. The monoisotopic (exact) mass is 1040 g/mol. The van der Waals surface area contributed by atoms with Crippen molar-refractivity contribution in [3.63, 3.8) is 0 Å². The van der Waals surface area contributed by atoms with Gasteiger partial charge in [-0.2, -0.15) is 0 Å². The van der Waals surface area contributed by atoms with Gasteiger partial charge < -0.3 is 73.8 Å². The molecule has 0 aromatic carbocycles. The molecule has 416 valence electrons. The normalized spacial score (nSPS) is 15.1. The minimum atomic E-state index is -1.73. The van der Waals surface area contributed by atoms with Crippen molar-refractivity contribution in [1.82, 2.24) is 42.5 Å². The van der Waals surface area contributed by atoms with Gasteiger partial charge in [-0.15, -0.1) is 0 Å². The molecule has 15 N–H and O–H groups in total. The highest BCUT2D eigenvalue weighted by atomic mass is 16.4. The lowest BCUT2D eigenvalue weighted by Crippen LogP contribution is -2.61. The summed E-state index contributed by atoms with van der Waals surface area (Å²) in [6.45, 7) is 16.2. The number of aliphatic hydroxyl groups is 1. The largest absolute Gasteiger partial charge is 0.481 e. The van der Waals surface area contributed by atoms with Gasteiger partial charge in [-0.05, 0) is 74.5 Å². The molecule has 9 atom stereocenters. The van der Waals surface area contributed by atoms with E-state index in [1.165, 1.54) is 13.8 Å². The second-order valence-electron chi connectivity index (χ2n) is 20.1. The Balaban J connectivity index is 6.85. The summed E-state index contributed by atoms with van der Waals surface area (Å²) < 4.78 is 0. The van der Waals surface area contributed by atoms with Crippen LogP contribution in [0.3, 0.4) is 0 Å². The fourth-order valence-corrected chi connectivity index (χ4v) is 7.18. The Morgan fingerprint density at radius 2 is 0.575 bits per heavy atom. The number of carbonyl (C=O) groups excluding carboxylic acids is 8. The highest BCUT2D eigenvalue weighted by molar-refractivity contribution is 5.98. The van der Waals surface area contributed by atoms with Crippen molar-refractivity contribution in [1.29, 1.82) is 0 Å². The lowest BCUT2D eigenvalue weighted by atomic mass is 9.98. The first-order valence-corrected chi connectivity index (χ1v) is 24.5. The fourth-order valence-electron chi connectivity index (χ4n) is 7.18. The zero-order valence-electron chi connectivity index (χ0n) is 43.6. The molecular formula is C47H81N9O17. The van der Waals surface area contributed by atoms with Gasteiger partial charge in [-0.1, -0.05) is 69.2 Å². The lowest BCUT2D eigenvalue weighted by molar-refractivity contribution is -0.144. The number of aliphatic hydroxyl groups excluding tert-OH is 1. The van der Waals surface area contributed by atoms with Gasteiger partial charge in [0.25, 0.3) is 0 Å². The van der Waals surface area contributed by atoms with Gasteiger partial charge in [0.15, 0.2) is 0 Å². The van der Waals surface area contributed by atoms with E-state index in [0.29, 0.717) is 0 Å². The van der Waals surface area contributed by atoms with Gasteiger partial charge in [0.05, 0.1) is 6.61 Å². The standard InChI is InChI=1S/C47H81N9O17/c1-22(2)17-31(52-39(64)27(48)21-57)45(70)55-34(20-25(7)8)46(71)54-33(19-24(5)6)44(69)51-29(12-15-36(60)61)41(66)53-32(18-23(3)4)43(68)50-28(11-14-35(58)59)40(65)49-30(13-16-37(62)63)42(67)56-38(26(9)10)47(72)73/h22-34,38,57H,11-21,48H2,1-10H3,(H,49,65)(H,50,68)(H,51,69)(H,52,64)(H,53,66)(H,54,71)(H,55,70)(H,56,67)(H,58,59)(H,60,61)(H,62,63)(H,72,73)/t27-,28-,29-,30-,31-,32-,33-,34-,38-/m0/s1. The summed E-state index contributed by atoms with van der Waals surface area (Å²) in [4.78, 5) is 156. The van der Waals surface area contributed by atoms with Crippen molar-refractivity contribution in [3.05, 3.63) is 0 Å². The summed E-state index contributed by atoms with van der Waals surface area (Å²) in [5.41, 5.74) is 5.65. The minimum Gasteiger partial charge on any atom is -0.481 e. The molecule has 0 rings (SSSR count). The third-order valence-electron chi connectivity index (χ3n) is 11.0. The van der Waals surface area contributed by atoms with Crippen LogP contribution in [0.4, 0.5) is 0 Å². The van der Waals surface area contributed by atoms with Crippen molar-refractivity contribution in [2.45, 2.75) is 188 Å². The molecule has 0 aliphatic heterocycles. The molecule has 0 saturated heterocycles. The molecule has 26 nitrogen and oxygen atoms in total. The van der Waals surface area contributed by atoms with E-state index in [9.17, 15) is 83.1 Å². The summed E-state index contributed by atoms with van der Waals surface area (Å²) >= 11 is 0. The molecule has 8 amide bonds. The number of nitrogens with one attached hydrogen (secondary N) is 8. The third-order valence-corrected chi connectivity index (χ3v) is 11.0. The van der Waals surface area contributed by atoms with Crippen LogP contribution in [0, 0.1) is 29.6 Å². The number of carboxylic acid groups (broad SMARTS) is 4. The molecule has 0 bridgehead atoms. The van der Waals surface area contributed by atoms with Crippen molar-refractivity contribution >= 4 is 71.1 Å². The van der Waals surface area contributed by atoms with Gasteiger partial charge in [0, 0.05) is 19.3 Å². The van der Waals surface area contributed by atoms with Crippen LogP contribution in [0.2, 0.25) is 0 Å². The van der Waals surface area contributed by atoms with Crippen LogP contribution in [0.25, 0.3) is 0 Å². The van der Waals surface area contributed by atoms with Crippen LogP contribution in [0.5, 0.6) is 0 Å². The molecule has 0 aliphatic rings. The fraction of sp³-hybridized carbons (Fsp3) is 0.745. The van der Waals surface area contributed by atoms with Gasteiger partial charge >= 0.3 is 23.9 Å². The number of aliphatic carboxylic acids is 4. The molecule has 0 aliphatic carbocycles. The highest BCUT2D eigenvalue weighted by Gasteiger charge is 2.36. The van der Waals surface area contributed by atoms with E-state index in [-0.39, 0.29) is 49.4 Å². The Bertz CT molecular complexity index is 1910. The minimum absolute atomic E-state index is 0.0207. The van der Waals surface area contributed by atoms with Crippen LogP contribution in [0.1, 0.15) is 133 Å². The quantitative estimate of drug-likeness (QED) is 0.0347. The molecule has 0 spiro atoms. The Morgan fingerprint density at radius 1 is 0.356 bits per heavy atom. The SMILES string of the molecule is CC(C)C[C@H](NC(=O)[C@H](CCC(=O)O)NC(=O)[C@H](CC(C)C)NC(=O)[C@H](CC(C)C)NC(=O)[C@H](CC(C)C)NC(=O)[C@@H](N)CO)C(=O)N[C@@H](CCC(=O)O)C(=O)N[C@@H](CCC(=O)O)C(=O)N[C@H](C(=O)O)C(C)C. The van der Waals surface area contributed by atoms with Crippen LogP contribution in [-0.4, -0.2) is 158 Å². The van der Waals surface area contributed by atoms with E-state index >= 15 is 0 Å². The Hall–Kier alpha value is -6.44. The maximum atomic E-state index is 14.1. The summed E-state index contributed by atoms with van der Waals surface area (Å²) in [5.74, 6) is -14.8. The molecule has 26 heteroatoms. The van der Waals surface area contributed by atoms with Crippen LogP contribution in [0.15, 0.2) is 0 Å². The van der Waals surface area contributed by atoms with E-state index in [1.54, 1.807) is 55.4 Å². The van der Waals surface area contributed by atoms with E-state index < -0.39 is 177 Å². The first-order valence-electron chi connectivity index (χ1n) is 24.5. The van der Waals surface area contributed by atoms with E-state index in [0.717, 1.165) is 0 Å². The number of hydrogen-bond donors (Lipinski definition) is 14. The second kappa shape index (κ2) is 33.3. The number of carbonyl (C=O) groups is 12. The summed E-state index contributed by atoms with van der Waals surface area (Å²) in [6, 6.07) is -13.1. The van der Waals surface area contributed by atoms with E-state index in [4.69, 9.17) is 5.73 Å². The number of carboxylic acids is 4. The third kappa shape index (κ3) is 27.3. The summed E-state index contributed by atoms with van der Waals surface area (Å²) in [7, 11) is 0. The smallest absolute Gasteiger partial charge is 0.326 e. The molecule has 0 heterocycles. The molecule has 0 aromatic rings. The topological polar surface area (TPSA) is 428 Å². The van der Waals surface area contributed by atoms with E-state index in [1.807, 2.05) is 0 Å². The number of amides is 8. The van der Waals surface area contributed by atoms with Crippen LogP contribution < -0.4 is 48.3 Å². The number of hydrogen-bond acceptors (Lipinski definition) is 14. The summed E-state index contributed by atoms with van der Waals surface area (Å²) in [5, 5.41) is 66.9. The van der Waals surface area contributed by atoms with Crippen molar-refractivity contribution in [2.75, 3.05) is 6.61 Å². The second-order valence-corrected chi connectivity index (χ2v) is 20.1. The van der Waals surface area contributed by atoms with Gasteiger partial charge in [-0.3, -0.25) is 52.7 Å². The first kappa shape index (κ1) is 66.6. The van der Waals surface area contributed by atoms with E-state index in [2.05, 4.69) is 42.5 Å². The average molecular weight is 1040 g/mol. The highest BCUT2D eigenvalue weighted by Crippen LogP contribution is 2.14. The van der Waals surface area contributed by atoms with Gasteiger partial charge in [0.2, 0.25) is 47.3 Å². The Kier molecular flexibility index (Phi) is 30.4. The van der Waals surface area contributed by atoms with Crippen molar-refractivity contribution < 1.29 is 83.1 Å². The zero-order valence-corrected chi connectivity index (χ0v) is 43.6. The maximum absolute atomic E-state index is 14.1. The molecule has 0 radical (unpaired) electrons. The average Bonchev–Trinajstić information content (AvgIpc) is 3.26.